The summed E-state index contributed by atoms with van der Waals surface area (Å²) in [6, 6.07) is 14.1. The summed E-state index contributed by atoms with van der Waals surface area (Å²) in [5, 5.41) is 15.0. The maximum Gasteiger partial charge on any atom is 0.269 e. The fraction of sp³-hybridized carbons (Fsp3) is 0.211. The minimum Gasteiger partial charge on any atom is -0.336 e. The van der Waals surface area contributed by atoms with Crippen LogP contribution in [0.2, 0.25) is 0 Å². The van der Waals surface area contributed by atoms with Crippen molar-refractivity contribution >= 4 is 22.5 Å². The summed E-state index contributed by atoms with van der Waals surface area (Å²) < 4.78 is 1.91. The van der Waals surface area contributed by atoms with Gasteiger partial charge in [-0.05, 0) is 18.2 Å². The van der Waals surface area contributed by atoms with E-state index < -0.39 is 4.92 Å². The van der Waals surface area contributed by atoms with Crippen molar-refractivity contribution in [2.24, 2.45) is 0 Å². The number of amides is 1. The first-order valence-electron chi connectivity index (χ1n) is 8.50. The van der Waals surface area contributed by atoms with Gasteiger partial charge in [-0.15, -0.1) is 0 Å². The number of carbonyl (C=O) groups is 1. The Morgan fingerprint density at radius 1 is 1.04 bits per heavy atom. The van der Waals surface area contributed by atoms with Gasteiger partial charge < -0.3 is 14.8 Å². The molecular formula is C19H18N4O3. The second-order valence-electron chi connectivity index (χ2n) is 6.25. The molecule has 7 heteroatoms. The van der Waals surface area contributed by atoms with Crippen LogP contribution in [0.15, 0.2) is 54.7 Å². The summed E-state index contributed by atoms with van der Waals surface area (Å²) in [5.74, 6) is 0.0170. The van der Waals surface area contributed by atoms with E-state index in [-0.39, 0.29) is 11.6 Å². The number of hydrogen-bond acceptors (Lipinski definition) is 4. The number of rotatable bonds is 3. The Balaban J connectivity index is 1.78. The summed E-state index contributed by atoms with van der Waals surface area (Å²) in [4.78, 5) is 25.3. The highest BCUT2D eigenvalue weighted by Crippen LogP contribution is 2.27. The topological polar surface area (TPSA) is 80.4 Å². The number of fused-ring (bicyclic) bond motifs is 1. The van der Waals surface area contributed by atoms with Crippen LogP contribution >= 0.6 is 0 Å². The Labute approximate surface area is 150 Å². The third kappa shape index (κ3) is 2.82. The van der Waals surface area contributed by atoms with Crippen LogP contribution in [0, 0.1) is 10.1 Å². The van der Waals surface area contributed by atoms with E-state index in [0.717, 1.165) is 29.7 Å². The number of nitrogens with one attached hydrogen (secondary N) is 1. The molecular weight excluding hydrogens is 332 g/mol. The minimum atomic E-state index is -0.420. The average Bonchev–Trinajstić information content (AvgIpc) is 3.08. The van der Waals surface area contributed by atoms with Gasteiger partial charge in [0.15, 0.2) is 0 Å². The van der Waals surface area contributed by atoms with Crippen LogP contribution in [0.25, 0.3) is 16.6 Å². The molecule has 0 atom stereocenters. The second kappa shape index (κ2) is 6.61. The molecule has 0 saturated carbocycles. The van der Waals surface area contributed by atoms with Crippen molar-refractivity contribution in [3.63, 3.8) is 0 Å². The minimum absolute atomic E-state index is 0.0170. The predicted molar refractivity (Wildman–Crippen MR) is 98.7 cm³/mol. The van der Waals surface area contributed by atoms with Gasteiger partial charge >= 0.3 is 0 Å². The summed E-state index contributed by atoms with van der Waals surface area (Å²) in [5.41, 5.74) is 2.38. The van der Waals surface area contributed by atoms with Crippen LogP contribution in [0.5, 0.6) is 0 Å². The smallest absolute Gasteiger partial charge is 0.269 e. The fourth-order valence-corrected chi connectivity index (χ4v) is 3.34. The van der Waals surface area contributed by atoms with E-state index in [1.54, 1.807) is 12.1 Å². The predicted octanol–water partition coefficient (Wildman–Crippen LogP) is 2.58. The van der Waals surface area contributed by atoms with Crippen LogP contribution < -0.4 is 5.32 Å². The van der Waals surface area contributed by atoms with Gasteiger partial charge in [-0.1, -0.05) is 18.2 Å². The highest BCUT2D eigenvalue weighted by atomic mass is 16.6. The number of para-hydroxylation sites is 1. The zero-order chi connectivity index (χ0) is 18.1. The van der Waals surface area contributed by atoms with Crippen molar-refractivity contribution in [1.29, 1.82) is 0 Å². The lowest BCUT2D eigenvalue weighted by Gasteiger charge is -2.27. The molecule has 2 aromatic carbocycles. The number of non-ortho nitro benzene ring substituents is 1. The van der Waals surface area contributed by atoms with Crippen molar-refractivity contribution < 1.29 is 9.72 Å². The van der Waals surface area contributed by atoms with Crippen molar-refractivity contribution in [3.8, 4) is 5.69 Å². The molecule has 0 bridgehead atoms. The first kappa shape index (κ1) is 16.3. The molecule has 0 radical (unpaired) electrons. The van der Waals surface area contributed by atoms with Crippen LogP contribution in [0.3, 0.4) is 0 Å². The van der Waals surface area contributed by atoms with Gasteiger partial charge in [0.2, 0.25) is 0 Å². The van der Waals surface area contributed by atoms with Gasteiger partial charge in [0.05, 0.1) is 16.0 Å². The summed E-state index contributed by atoms with van der Waals surface area (Å²) in [6.45, 7) is 2.98. The molecule has 0 unspecified atom stereocenters. The highest BCUT2D eigenvalue weighted by Gasteiger charge is 2.22. The number of hydrogen-bond donors (Lipinski definition) is 1. The van der Waals surface area contributed by atoms with E-state index in [1.165, 1.54) is 12.1 Å². The molecule has 7 nitrogen and oxygen atoms in total. The van der Waals surface area contributed by atoms with E-state index in [1.807, 2.05) is 39.9 Å². The Kier molecular flexibility index (Phi) is 4.14. The van der Waals surface area contributed by atoms with E-state index in [9.17, 15) is 14.9 Å². The molecule has 1 aliphatic heterocycles. The van der Waals surface area contributed by atoms with Gasteiger partial charge in [0.1, 0.15) is 0 Å². The monoisotopic (exact) mass is 350 g/mol. The number of carbonyl (C=O) groups excluding carboxylic acids is 1. The molecule has 4 rings (SSSR count). The summed E-state index contributed by atoms with van der Waals surface area (Å²) >= 11 is 0. The Hall–Kier alpha value is -3.19. The molecule has 1 N–H and O–H groups in total. The number of benzene rings is 2. The molecule has 1 amide bonds. The molecule has 0 spiro atoms. The van der Waals surface area contributed by atoms with Crippen LogP contribution in [-0.4, -0.2) is 46.5 Å². The zero-order valence-electron chi connectivity index (χ0n) is 14.1. The second-order valence-corrected chi connectivity index (χ2v) is 6.25. The molecule has 1 fully saturated rings. The SMILES string of the molecule is O=C(c1cn(-c2ccc([N+](=O)[O-])cc2)c2ccccc12)N1CCNCC1. The number of nitro groups is 1. The molecule has 1 saturated heterocycles. The van der Waals surface area contributed by atoms with Crippen LogP contribution in [0.1, 0.15) is 10.4 Å². The quantitative estimate of drug-likeness (QED) is 0.581. The van der Waals surface area contributed by atoms with Crippen molar-refractivity contribution in [3.05, 3.63) is 70.4 Å². The van der Waals surface area contributed by atoms with Crippen molar-refractivity contribution in [1.82, 2.24) is 14.8 Å². The largest absolute Gasteiger partial charge is 0.336 e. The van der Waals surface area contributed by atoms with Gasteiger partial charge in [-0.25, -0.2) is 0 Å². The maximum atomic E-state index is 13.0. The third-order valence-electron chi connectivity index (χ3n) is 4.69. The number of piperazine rings is 1. The number of aromatic nitrogens is 1. The molecule has 2 heterocycles. The highest BCUT2D eigenvalue weighted by molar-refractivity contribution is 6.07. The standard InChI is InChI=1S/C19H18N4O3/c24-19(21-11-9-20-10-12-21)17-13-22(18-4-2-1-3-16(17)18)14-5-7-15(8-6-14)23(25)26/h1-8,13,20H,9-12H2. The Bertz CT molecular complexity index is 972. The Morgan fingerprint density at radius 2 is 1.73 bits per heavy atom. The lowest BCUT2D eigenvalue weighted by molar-refractivity contribution is -0.384. The molecule has 1 aromatic heterocycles. The molecule has 132 valence electrons. The van der Waals surface area contributed by atoms with Gasteiger partial charge in [0.25, 0.3) is 11.6 Å². The van der Waals surface area contributed by atoms with Gasteiger partial charge in [-0.3, -0.25) is 14.9 Å². The zero-order valence-corrected chi connectivity index (χ0v) is 14.1. The van der Waals surface area contributed by atoms with Crippen molar-refractivity contribution in [2.75, 3.05) is 26.2 Å². The van der Waals surface area contributed by atoms with Gasteiger partial charge in [-0.2, -0.15) is 0 Å². The molecule has 3 aromatic rings. The van der Waals surface area contributed by atoms with Crippen LogP contribution in [-0.2, 0) is 0 Å². The number of nitrogens with zero attached hydrogens (tertiary/aromatic N) is 3. The number of nitro benzene ring substituents is 1. The molecule has 1 aliphatic rings. The average molecular weight is 350 g/mol. The lowest BCUT2D eigenvalue weighted by atomic mass is 10.1. The molecule has 26 heavy (non-hydrogen) atoms. The first-order valence-corrected chi connectivity index (χ1v) is 8.50. The van der Waals surface area contributed by atoms with E-state index in [0.29, 0.717) is 18.7 Å². The fourth-order valence-electron chi connectivity index (χ4n) is 3.34. The molecule has 0 aliphatic carbocycles. The van der Waals surface area contributed by atoms with E-state index in [4.69, 9.17) is 0 Å². The lowest BCUT2D eigenvalue weighted by Crippen LogP contribution is -2.46. The normalized spacial score (nSPS) is 14.5. The van der Waals surface area contributed by atoms with Crippen LogP contribution in [0.4, 0.5) is 5.69 Å². The Morgan fingerprint density at radius 3 is 2.42 bits per heavy atom. The van der Waals surface area contributed by atoms with Crippen molar-refractivity contribution in [2.45, 2.75) is 0 Å². The summed E-state index contributed by atoms with van der Waals surface area (Å²) in [6.07, 6.45) is 1.83. The maximum absolute atomic E-state index is 13.0. The third-order valence-corrected chi connectivity index (χ3v) is 4.69. The summed E-state index contributed by atoms with van der Waals surface area (Å²) in [7, 11) is 0. The van der Waals surface area contributed by atoms with E-state index in [2.05, 4.69) is 5.32 Å². The first-order chi connectivity index (χ1) is 12.6. The van der Waals surface area contributed by atoms with Gasteiger partial charge in [0, 0.05) is 55.6 Å². The van der Waals surface area contributed by atoms with E-state index >= 15 is 0 Å².